The minimum absolute atomic E-state index is 0.00685. The Kier molecular flexibility index (Phi) is 3.44. The number of ether oxygens (including phenoxy) is 1. The van der Waals surface area contributed by atoms with Gasteiger partial charge in [0, 0.05) is 5.92 Å². The summed E-state index contributed by atoms with van der Waals surface area (Å²) >= 11 is 0. The van der Waals surface area contributed by atoms with Gasteiger partial charge in [-0.3, -0.25) is 0 Å². The Bertz CT molecular complexity index is 425. The average Bonchev–Trinajstić information content (AvgIpc) is 2.54. The van der Waals surface area contributed by atoms with Crippen molar-refractivity contribution in [2.24, 2.45) is 11.3 Å². The van der Waals surface area contributed by atoms with Crippen LogP contribution in [-0.2, 0) is 16.0 Å². The van der Waals surface area contributed by atoms with Crippen molar-refractivity contribution >= 4 is 5.97 Å². The second-order valence-corrected chi connectivity index (χ2v) is 5.65. The first kappa shape index (κ1) is 13.1. The summed E-state index contributed by atoms with van der Waals surface area (Å²) in [4.78, 5) is 11.3. The highest BCUT2D eigenvalue weighted by Gasteiger charge is 2.50. The van der Waals surface area contributed by atoms with Crippen LogP contribution >= 0.6 is 0 Å². The molecule has 0 unspecified atom stereocenters. The standard InChI is InChI=1S/C15H20O3/c1-10-15(2,3)12(13(18-10)14(16)17)9-11-7-5-4-6-8-11/h4-8,10,12-13H,9H2,1-3H3,(H,16,17)/t10-,12-,13-/m1/s1. The lowest BCUT2D eigenvalue weighted by molar-refractivity contribution is -0.150. The van der Waals surface area contributed by atoms with Crippen molar-refractivity contribution in [1.29, 1.82) is 0 Å². The van der Waals surface area contributed by atoms with Crippen molar-refractivity contribution in [2.75, 3.05) is 0 Å². The fourth-order valence-corrected chi connectivity index (χ4v) is 2.65. The van der Waals surface area contributed by atoms with Gasteiger partial charge in [-0.25, -0.2) is 4.79 Å². The van der Waals surface area contributed by atoms with Gasteiger partial charge in [0.05, 0.1) is 6.10 Å². The predicted molar refractivity (Wildman–Crippen MR) is 69.4 cm³/mol. The van der Waals surface area contributed by atoms with Gasteiger partial charge in [-0.15, -0.1) is 0 Å². The maximum absolute atomic E-state index is 11.3. The summed E-state index contributed by atoms with van der Waals surface area (Å²) in [6.07, 6.45) is 0.0114. The molecule has 1 aliphatic heterocycles. The second-order valence-electron chi connectivity index (χ2n) is 5.65. The lowest BCUT2D eigenvalue weighted by atomic mass is 9.72. The van der Waals surface area contributed by atoms with Gasteiger partial charge < -0.3 is 9.84 Å². The SMILES string of the molecule is C[C@H]1O[C@@H](C(=O)O)[C@@H](Cc2ccccc2)C1(C)C. The molecule has 1 aromatic carbocycles. The first-order valence-electron chi connectivity index (χ1n) is 6.35. The van der Waals surface area contributed by atoms with E-state index in [9.17, 15) is 9.90 Å². The van der Waals surface area contributed by atoms with Gasteiger partial charge in [0.25, 0.3) is 0 Å². The van der Waals surface area contributed by atoms with Gasteiger partial charge in [0.1, 0.15) is 0 Å². The van der Waals surface area contributed by atoms with Crippen LogP contribution < -0.4 is 0 Å². The Morgan fingerprint density at radius 3 is 2.50 bits per heavy atom. The highest BCUT2D eigenvalue weighted by molar-refractivity contribution is 5.73. The molecule has 3 heteroatoms. The Labute approximate surface area is 108 Å². The predicted octanol–water partition coefficient (Wildman–Crippen LogP) is 2.74. The molecule has 1 fully saturated rings. The summed E-state index contributed by atoms with van der Waals surface area (Å²) in [5.74, 6) is -0.847. The molecule has 0 spiro atoms. The third-order valence-electron chi connectivity index (χ3n) is 4.26. The van der Waals surface area contributed by atoms with Crippen LogP contribution in [0.25, 0.3) is 0 Å². The number of rotatable bonds is 3. The molecule has 0 bridgehead atoms. The number of carbonyl (C=O) groups is 1. The Morgan fingerprint density at radius 1 is 1.33 bits per heavy atom. The van der Waals surface area contributed by atoms with Crippen LogP contribution in [0.3, 0.4) is 0 Å². The van der Waals surface area contributed by atoms with E-state index in [0.717, 1.165) is 6.42 Å². The Hall–Kier alpha value is -1.35. The molecule has 1 heterocycles. The first-order valence-corrected chi connectivity index (χ1v) is 6.35. The van der Waals surface area contributed by atoms with Crippen LogP contribution in [0.4, 0.5) is 0 Å². The van der Waals surface area contributed by atoms with Crippen molar-refractivity contribution < 1.29 is 14.6 Å². The van der Waals surface area contributed by atoms with Crippen LogP contribution in [0.15, 0.2) is 30.3 Å². The Morgan fingerprint density at radius 2 is 1.94 bits per heavy atom. The van der Waals surface area contributed by atoms with Crippen molar-refractivity contribution in [3.63, 3.8) is 0 Å². The van der Waals surface area contributed by atoms with Gasteiger partial charge >= 0.3 is 5.97 Å². The molecular weight excluding hydrogens is 228 g/mol. The van der Waals surface area contributed by atoms with Crippen LogP contribution in [-0.4, -0.2) is 23.3 Å². The van der Waals surface area contributed by atoms with Gasteiger partial charge in [-0.2, -0.15) is 0 Å². The molecule has 18 heavy (non-hydrogen) atoms. The van der Waals surface area contributed by atoms with E-state index in [1.807, 2.05) is 37.3 Å². The summed E-state index contributed by atoms with van der Waals surface area (Å²) in [5.41, 5.74) is 1.04. The van der Waals surface area contributed by atoms with E-state index in [1.165, 1.54) is 5.56 Å². The van der Waals surface area contributed by atoms with E-state index in [0.29, 0.717) is 0 Å². The number of hydrogen-bond donors (Lipinski definition) is 1. The maximum Gasteiger partial charge on any atom is 0.333 e. The third kappa shape index (κ3) is 2.27. The Balaban J connectivity index is 2.24. The summed E-state index contributed by atoms with van der Waals surface area (Å²) in [5, 5.41) is 9.29. The molecule has 0 aliphatic carbocycles. The van der Waals surface area contributed by atoms with E-state index >= 15 is 0 Å². The smallest absolute Gasteiger partial charge is 0.333 e. The van der Waals surface area contributed by atoms with E-state index in [-0.39, 0.29) is 17.4 Å². The maximum atomic E-state index is 11.3. The number of carboxylic acids is 1. The van der Waals surface area contributed by atoms with Gasteiger partial charge in [0.2, 0.25) is 0 Å². The normalized spacial score (nSPS) is 30.3. The van der Waals surface area contributed by atoms with Crippen LogP contribution in [0.5, 0.6) is 0 Å². The van der Waals surface area contributed by atoms with Gasteiger partial charge in [-0.05, 0) is 24.3 Å². The molecule has 0 saturated carbocycles. The molecule has 1 aliphatic rings. The van der Waals surface area contributed by atoms with Gasteiger partial charge in [0.15, 0.2) is 6.10 Å². The molecule has 0 radical (unpaired) electrons. The molecule has 0 amide bonds. The molecule has 3 atom stereocenters. The molecule has 2 rings (SSSR count). The quantitative estimate of drug-likeness (QED) is 0.894. The van der Waals surface area contributed by atoms with Crippen LogP contribution in [0, 0.1) is 11.3 Å². The molecular formula is C15H20O3. The summed E-state index contributed by atoms with van der Waals surface area (Å²) in [6, 6.07) is 10.0. The molecule has 1 N–H and O–H groups in total. The molecule has 98 valence electrons. The third-order valence-corrected chi connectivity index (χ3v) is 4.26. The van der Waals surface area contributed by atoms with Gasteiger partial charge in [-0.1, -0.05) is 44.2 Å². The lowest BCUT2D eigenvalue weighted by Crippen LogP contribution is -2.34. The van der Waals surface area contributed by atoms with E-state index in [2.05, 4.69) is 13.8 Å². The van der Waals surface area contributed by atoms with Crippen molar-refractivity contribution in [2.45, 2.75) is 39.4 Å². The lowest BCUT2D eigenvalue weighted by Gasteiger charge is -2.29. The van der Waals surface area contributed by atoms with Crippen LogP contribution in [0.1, 0.15) is 26.3 Å². The van der Waals surface area contributed by atoms with Crippen LogP contribution in [0.2, 0.25) is 0 Å². The second kappa shape index (κ2) is 4.73. The number of benzene rings is 1. The molecule has 1 aromatic rings. The van der Waals surface area contributed by atoms with E-state index in [1.54, 1.807) is 0 Å². The largest absolute Gasteiger partial charge is 0.479 e. The zero-order valence-electron chi connectivity index (χ0n) is 11.1. The number of carboxylic acid groups (broad SMARTS) is 1. The van der Waals surface area contributed by atoms with Crippen molar-refractivity contribution in [3.05, 3.63) is 35.9 Å². The number of aliphatic carboxylic acids is 1. The molecule has 1 saturated heterocycles. The minimum Gasteiger partial charge on any atom is -0.479 e. The molecule has 3 nitrogen and oxygen atoms in total. The fraction of sp³-hybridized carbons (Fsp3) is 0.533. The fourth-order valence-electron chi connectivity index (χ4n) is 2.65. The zero-order chi connectivity index (χ0) is 13.3. The summed E-state index contributed by atoms with van der Waals surface area (Å²) in [7, 11) is 0. The van der Waals surface area contributed by atoms with E-state index < -0.39 is 12.1 Å². The highest BCUT2D eigenvalue weighted by Crippen LogP contribution is 2.44. The minimum atomic E-state index is -0.853. The van der Waals surface area contributed by atoms with Crippen molar-refractivity contribution in [1.82, 2.24) is 0 Å². The monoisotopic (exact) mass is 248 g/mol. The topological polar surface area (TPSA) is 46.5 Å². The van der Waals surface area contributed by atoms with Crippen molar-refractivity contribution in [3.8, 4) is 0 Å². The van der Waals surface area contributed by atoms with E-state index in [4.69, 9.17) is 4.74 Å². The molecule has 0 aromatic heterocycles. The summed E-state index contributed by atoms with van der Waals surface area (Å²) < 4.78 is 5.62. The zero-order valence-corrected chi connectivity index (χ0v) is 11.1. The first-order chi connectivity index (χ1) is 8.43. The summed E-state index contributed by atoms with van der Waals surface area (Å²) in [6.45, 7) is 6.14. The average molecular weight is 248 g/mol. The highest BCUT2D eigenvalue weighted by atomic mass is 16.5. The number of hydrogen-bond acceptors (Lipinski definition) is 2.